The van der Waals surface area contributed by atoms with Crippen LogP contribution in [-0.4, -0.2) is 29.5 Å². The quantitative estimate of drug-likeness (QED) is 0.838. The molecule has 0 atom stereocenters. The number of aliphatic imine (C=N–C) groups is 1. The topological polar surface area (TPSA) is 46.8 Å². The van der Waals surface area contributed by atoms with E-state index >= 15 is 0 Å². The average Bonchev–Trinajstić information content (AvgIpc) is 2.82. The molecule has 0 fully saturated rings. The Bertz CT molecular complexity index is 573. The molecular formula is C15H18N2O2. The van der Waals surface area contributed by atoms with Crippen LogP contribution in [-0.2, 0) is 6.54 Å². The molecule has 100 valence electrons. The van der Waals surface area contributed by atoms with Crippen LogP contribution < -0.4 is 4.74 Å². The molecule has 4 nitrogen and oxygen atoms in total. The molecule has 0 aliphatic carbocycles. The van der Waals surface area contributed by atoms with Crippen molar-refractivity contribution >= 4 is 6.21 Å². The zero-order valence-electron chi connectivity index (χ0n) is 11.2. The number of phenols is 1. The Morgan fingerprint density at radius 1 is 1.37 bits per heavy atom. The lowest BCUT2D eigenvalue weighted by atomic mass is 10.2. The Labute approximate surface area is 113 Å². The molecule has 0 unspecified atom stereocenters. The molecule has 1 aromatic carbocycles. The third-order valence-corrected chi connectivity index (χ3v) is 2.97. The number of hydrogen-bond donors (Lipinski definition) is 1. The fourth-order valence-corrected chi connectivity index (χ4v) is 1.86. The summed E-state index contributed by atoms with van der Waals surface area (Å²) < 4.78 is 7.21. The van der Waals surface area contributed by atoms with Crippen LogP contribution in [0.25, 0.3) is 0 Å². The number of benzene rings is 1. The van der Waals surface area contributed by atoms with Crippen LogP contribution in [0.3, 0.4) is 0 Å². The van der Waals surface area contributed by atoms with Crippen molar-refractivity contribution in [3.05, 3.63) is 47.8 Å². The molecule has 0 spiro atoms. The SMILES string of the molecule is COc1cc(C=NCCn2cccc2C)ccc1O. The van der Waals surface area contributed by atoms with Gasteiger partial charge in [0.05, 0.1) is 13.7 Å². The summed E-state index contributed by atoms with van der Waals surface area (Å²) in [6, 6.07) is 9.29. The van der Waals surface area contributed by atoms with Crippen molar-refractivity contribution in [1.29, 1.82) is 0 Å². The second-order valence-electron chi connectivity index (χ2n) is 4.31. The summed E-state index contributed by atoms with van der Waals surface area (Å²) in [7, 11) is 1.53. The molecule has 0 bridgehead atoms. The van der Waals surface area contributed by atoms with Gasteiger partial charge in [0.2, 0.25) is 0 Å². The predicted octanol–water partition coefficient (Wildman–Crippen LogP) is 2.63. The summed E-state index contributed by atoms with van der Waals surface area (Å²) in [6.45, 7) is 3.66. The molecule has 1 N–H and O–H groups in total. The molecular weight excluding hydrogens is 240 g/mol. The van der Waals surface area contributed by atoms with Crippen molar-refractivity contribution in [1.82, 2.24) is 4.57 Å². The fourth-order valence-electron chi connectivity index (χ4n) is 1.86. The maximum Gasteiger partial charge on any atom is 0.161 e. The third-order valence-electron chi connectivity index (χ3n) is 2.97. The molecule has 2 rings (SSSR count). The lowest BCUT2D eigenvalue weighted by Gasteiger charge is -2.04. The highest BCUT2D eigenvalue weighted by atomic mass is 16.5. The van der Waals surface area contributed by atoms with E-state index in [0.717, 1.165) is 18.7 Å². The van der Waals surface area contributed by atoms with Crippen molar-refractivity contribution < 1.29 is 9.84 Å². The van der Waals surface area contributed by atoms with Gasteiger partial charge in [-0.15, -0.1) is 0 Å². The second-order valence-corrected chi connectivity index (χ2v) is 4.31. The molecule has 0 aliphatic rings. The van der Waals surface area contributed by atoms with Crippen LogP contribution in [0.4, 0.5) is 0 Å². The number of rotatable bonds is 5. The van der Waals surface area contributed by atoms with Gasteiger partial charge in [0.1, 0.15) is 0 Å². The molecule has 0 saturated carbocycles. The highest BCUT2D eigenvalue weighted by Gasteiger charge is 2.00. The normalized spacial score (nSPS) is 11.1. The van der Waals surface area contributed by atoms with E-state index in [9.17, 15) is 5.11 Å². The number of aromatic nitrogens is 1. The molecule has 19 heavy (non-hydrogen) atoms. The first-order chi connectivity index (χ1) is 9.20. The smallest absolute Gasteiger partial charge is 0.161 e. The predicted molar refractivity (Wildman–Crippen MR) is 76.3 cm³/mol. The Morgan fingerprint density at radius 2 is 2.21 bits per heavy atom. The largest absolute Gasteiger partial charge is 0.504 e. The monoisotopic (exact) mass is 258 g/mol. The van der Waals surface area contributed by atoms with Crippen LogP contribution >= 0.6 is 0 Å². The molecule has 0 saturated heterocycles. The van der Waals surface area contributed by atoms with E-state index in [4.69, 9.17) is 4.74 Å². The van der Waals surface area contributed by atoms with Gasteiger partial charge < -0.3 is 14.4 Å². The number of nitrogens with zero attached hydrogens (tertiary/aromatic N) is 2. The van der Waals surface area contributed by atoms with Gasteiger partial charge in [0.25, 0.3) is 0 Å². The average molecular weight is 258 g/mol. The summed E-state index contributed by atoms with van der Waals surface area (Å²) >= 11 is 0. The van der Waals surface area contributed by atoms with E-state index in [1.54, 1.807) is 18.3 Å². The van der Waals surface area contributed by atoms with Crippen molar-refractivity contribution in [3.8, 4) is 11.5 Å². The van der Waals surface area contributed by atoms with Gasteiger partial charge in [-0.1, -0.05) is 0 Å². The summed E-state index contributed by atoms with van der Waals surface area (Å²) in [4.78, 5) is 4.38. The molecule has 0 aliphatic heterocycles. The number of hydrogen-bond acceptors (Lipinski definition) is 3. The van der Waals surface area contributed by atoms with Gasteiger partial charge in [-0.25, -0.2) is 0 Å². The first-order valence-electron chi connectivity index (χ1n) is 6.19. The standard InChI is InChI=1S/C15H18N2O2/c1-12-4-3-8-17(12)9-7-16-11-13-5-6-14(18)15(10-13)19-2/h3-6,8,10-11,18H,7,9H2,1-2H3. The Morgan fingerprint density at radius 3 is 2.89 bits per heavy atom. The van der Waals surface area contributed by atoms with Crippen molar-refractivity contribution in [2.24, 2.45) is 4.99 Å². The Balaban J connectivity index is 1.94. The van der Waals surface area contributed by atoms with E-state index in [1.807, 2.05) is 12.1 Å². The Hall–Kier alpha value is -2.23. The van der Waals surface area contributed by atoms with Crippen molar-refractivity contribution in [2.45, 2.75) is 13.5 Å². The number of ether oxygens (including phenoxy) is 1. The first kappa shape index (κ1) is 13.2. The van der Waals surface area contributed by atoms with Crippen LogP contribution in [0, 0.1) is 6.92 Å². The molecule has 1 heterocycles. The van der Waals surface area contributed by atoms with E-state index in [0.29, 0.717) is 5.75 Å². The van der Waals surface area contributed by atoms with Crippen LogP contribution in [0.2, 0.25) is 0 Å². The number of phenolic OH excluding ortho intramolecular Hbond substituents is 1. The number of aryl methyl sites for hydroxylation is 1. The summed E-state index contributed by atoms with van der Waals surface area (Å²) in [5.41, 5.74) is 2.15. The lowest BCUT2D eigenvalue weighted by molar-refractivity contribution is 0.373. The second kappa shape index (κ2) is 6.09. The molecule has 1 aromatic heterocycles. The summed E-state index contributed by atoms with van der Waals surface area (Å²) in [5, 5.41) is 9.49. The van der Waals surface area contributed by atoms with Crippen molar-refractivity contribution in [3.63, 3.8) is 0 Å². The van der Waals surface area contributed by atoms with Crippen LogP contribution in [0.15, 0.2) is 41.5 Å². The maximum atomic E-state index is 9.49. The lowest BCUT2D eigenvalue weighted by Crippen LogP contribution is -2.01. The molecule has 2 aromatic rings. The fraction of sp³-hybridized carbons (Fsp3) is 0.267. The molecule has 4 heteroatoms. The molecule has 0 amide bonds. The van der Waals surface area contributed by atoms with Gasteiger partial charge >= 0.3 is 0 Å². The van der Waals surface area contributed by atoms with Crippen LogP contribution in [0.1, 0.15) is 11.3 Å². The minimum absolute atomic E-state index is 0.141. The highest BCUT2D eigenvalue weighted by Crippen LogP contribution is 2.25. The number of aromatic hydroxyl groups is 1. The number of methoxy groups -OCH3 is 1. The first-order valence-corrected chi connectivity index (χ1v) is 6.19. The zero-order chi connectivity index (χ0) is 13.7. The minimum Gasteiger partial charge on any atom is -0.504 e. The summed E-state index contributed by atoms with van der Waals surface area (Å²) in [6.07, 6.45) is 3.84. The van der Waals surface area contributed by atoms with E-state index < -0.39 is 0 Å². The van der Waals surface area contributed by atoms with Gasteiger partial charge in [0, 0.05) is 24.7 Å². The highest BCUT2D eigenvalue weighted by molar-refractivity contribution is 5.80. The minimum atomic E-state index is 0.141. The Kier molecular flexibility index (Phi) is 4.23. The van der Waals surface area contributed by atoms with Crippen molar-refractivity contribution in [2.75, 3.05) is 13.7 Å². The zero-order valence-corrected chi connectivity index (χ0v) is 11.2. The van der Waals surface area contributed by atoms with Gasteiger partial charge in [0.15, 0.2) is 11.5 Å². The van der Waals surface area contributed by atoms with Crippen LogP contribution in [0.5, 0.6) is 11.5 Å². The van der Waals surface area contributed by atoms with E-state index in [1.165, 1.54) is 12.8 Å². The third kappa shape index (κ3) is 3.37. The maximum absolute atomic E-state index is 9.49. The molecule has 0 radical (unpaired) electrons. The van der Waals surface area contributed by atoms with Gasteiger partial charge in [-0.3, -0.25) is 4.99 Å². The van der Waals surface area contributed by atoms with E-state index in [2.05, 4.69) is 28.7 Å². The van der Waals surface area contributed by atoms with E-state index in [-0.39, 0.29) is 5.75 Å². The summed E-state index contributed by atoms with van der Waals surface area (Å²) in [5.74, 6) is 0.604. The van der Waals surface area contributed by atoms with Gasteiger partial charge in [-0.2, -0.15) is 0 Å². The van der Waals surface area contributed by atoms with Gasteiger partial charge in [-0.05, 0) is 42.8 Å².